The Labute approximate surface area is 169 Å². The fourth-order valence-electron chi connectivity index (χ4n) is 2.67. The van der Waals surface area contributed by atoms with E-state index in [-0.39, 0.29) is 18.4 Å². The lowest BCUT2D eigenvalue weighted by Crippen LogP contribution is -3.14. The summed E-state index contributed by atoms with van der Waals surface area (Å²) >= 11 is 12.1. The van der Waals surface area contributed by atoms with Crippen LogP contribution in [0.4, 0.5) is 11.4 Å². The SMILES string of the molecule is Cc1cccc(C)c1NC(=O)C[NH+](C)[C@@H](C)C(=O)Nc1cccc(Cl)c1Cl. The number of halogens is 2. The van der Waals surface area contributed by atoms with Crippen LogP contribution in [0.15, 0.2) is 36.4 Å². The highest BCUT2D eigenvalue weighted by Crippen LogP contribution is 2.29. The van der Waals surface area contributed by atoms with E-state index in [2.05, 4.69) is 10.6 Å². The van der Waals surface area contributed by atoms with Gasteiger partial charge in [0.15, 0.2) is 12.6 Å². The molecule has 2 amide bonds. The molecule has 0 radical (unpaired) electrons. The summed E-state index contributed by atoms with van der Waals surface area (Å²) in [6, 6.07) is 10.4. The van der Waals surface area contributed by atoms with Gasteiger partial charge >= 0.3 is 0 Å². The van der Waals surface area contributed by atoms with E-state index in [4.69, 9.17) is 23.2 Å². The van der Waals surface area contributed by atoms with Gasteiger partial charge in [0.05, 0.1) is 22.8 Å². The number of likely N-dealkylation sites (N-methyl/N-ethyl adjacent to an activating group) is 1. The van der Waals surface area contributed by atoms with Gasteiger partial charge in [-0.15, -0.1) is 0 Å². The zero-order valence-corrected chi connectivity index (χ0v) is 17.3. The van der Waals surface area contributed by atoms with Gasteiger partial charge in [-0.3, -0.25) is 9.59 Å². The zero-order valence-electron chi connectivity index (χ0n) is 15.8. The number of amides is 2. The number of anilines is 2. The standard InChI is InChI=1S/C20H23Cl2N3O2/c1-12-7-5-8-13(2)19(12)24-17(26)11-25(4)14(3)20(27)23-16-10-6-9-15(21)18(16)22/h5-10,14H,11H2,1-4H3,(H,23,27)(H,24,26)/p+1/t14-/m0/s1. The molecule has 3 N–H and O–H groups in total. The molecule has 2 aromatic carbocycles. The summed E-state index contributed by atoms with van der Waals surface area (Å²) in [4.78, 5) is 25.7. The van der Waals surface area contributed by atoms with Crippen molar-refractivity contribution in [2.45, 2.75) is 26.8 Å². The van der Waals surface area contributed by atoms with Crippen molar-refractivity contribution in [1.29, 1.82) is 0 Å². The van der Waals surface area contributed by atoms with Crippen molar-refractivity contribution in [3.63, 3.8) is 0 Å². The van der Waals surface area contributed by atoms with Crippen LogP contribution in [0.5, 0.6) is 0 Å². The molecule has 0 aliphatic carbocycles. The van der Waals surface area contributed by atoms with Gasteiger partial charge in [0.1, 0.15) is 0 Å². The van der Waals surface area contributed by atoms with Crippen LogP contribution in [-0.4, -0.2) is 31.4 Å². The van der Waals surface area contributed by atoms with E-state index < -0.39 is 6.04 Å². The number of carbonyl (C=O) groups excluding carboxylic acids is 2. The third-order valence-corrected chi connectivity index (χ3v) is 5.35. The quantitative estimate of drug-likeness (QED) is 0.687. The van der Waals surface area contributed by atoms with E-state index in [0.29, 0.717) is 15.7 Å². The molecule has 2 aromatic rings. The molecule has 0 spiro atoms. The van der Waals surface area contributed by atoms with Gasteiger partial charge in [-0.05, 0) is 44.0 Å². The highest BCUT2D eigenvalue weighted by Gasteiger charge is 2.25. The average molecular weight is 409 g/mol. The van der Waals surface area contributed by atoms with Gasteiger partial charge in [0.2, 0.25) is 0 Å². The topological polar surface area (TPSA) is 62.6 Å². The van der Waals surface area contributed by atoms with Gasteiger partial charge in [-0.2, -0.15) is 0 Å². The summed E-state index contributed by atoms with van der Waals surface area (Å²) in [5.74, 6) is -0.387. The monoisotopic (exact) mass is 408 g/mol. The van der Waals surface area contributed by atoms with Crippen LogP contribution in [0.3, 0.4) is 0 Å². The summed E-state index contributed by atoms with van der Waals surface area (Å²) < 4.78 is 0. The van der Waals surface area contributed by atoms with E-state index in [1.54, 1.807) is 32.2 Å². The maximum Gasteiger partial charge on any atom is 0.282 e. The molecule has 0 saturated carbocycles. The zero-order chi connectivity index (χ0) is 20.1. The highest BCUT2D eigenvalue weighted by atomic mass is 35.5. The van der Waals surface area contributed by atoms with Crippen LogP contribution in [0.25, 0.3) is 0 Å². The van der Waals surface area contributed by atoms with Crippen molar-refractivity contribution in [3.8, 4) is 0 Å². The van der Waals surface area contributed by atoms with Crippen molar-refractivity contribution in [2.24, 2.45) is 0 Å². The number of benzene rings is 2. The third-order valence-electron chi connectivity index (χ3n) is 4.53. The maximum atomic E-state index is 12.5. The van der Waals surface area contributed by atoms with Crippen molar-refractivity contribution >= 4 is 46.4 Å². The second-order valence-electron chi connectivity index (χ2n) is 6.65. The Morgan fingerprint density at radius 1 is 1.04 bits per heavy atom. The molecule has 144 valence electrons. The minimum Gasteiger partial charge on any atom is -0.321 e. The lowest BCUT2D eigenvalue weighted by atomic mass is 10.1. The van der Waals surface area contributed by atoms with Crippen LogP contribution < -0.4 is 15.5 Å². The molecule has 5 nitrogen and oxygen atoms in total. The predicted molar refractivity (Wildman–Crippen MR) is 111 cm³/mol. The minimum atomic E-state index is -0.455. The number of aryl methyl sites for hydroxylation is 2. The van der Waals surface area contributed by atoms with E-state index >= 15 is 0 Å². The average Bonchev–Trinajstić information content (AvgIpc) is 2.61. The molecule has 2 atom stereocenters. The van der Waals surface area contributed by atoms with Gasteiger partial charge in [-0.25, -0.2) is 0 Å². The van der Waals surface area contributed by atoms with Crippen molar-refractivity contribution < 1.29 is 14.5 Å². The fraction of sp³-hybridized carbons (Fsp3) is 0.300. The Bertz CT molecular complexity index is 835. The molecular weight excluding hydrogens is 385 g/mol. The second-order valence-corrected chi connectivity index (χ2v) is 7.44. The Balaban J connectivity index is 1.98. The van der Waals surface area contributed by atoms with Crippen LogP contribution >= 0.6 is 23.2 Å². The number of hydrogen-bond acceptors (Lipinski definition) is 2. The Kier molecular flexibility index (Phi) is 7.25. The molecule has 0 saturated heterocycles. The summed E-state index contributed by atoms with van der Waals surface area (Å²) in [5.41, 5.74) is 3.27. The second kappa shape index (κ2) is 9.22. The molecule has 2 rings (SSSR count). The Hall–Kier alpha value is -2.08. The number of nitrogens with one attached hydrogen (secondary N) is 3. The van der Waals surface area contributed by atoms with Crippen LogP contribution in [-0.2, 0) is 9.59 Å². The molecular formula is C20H24Cl2N3O2+. The summed E-state index contributed by atoms with van der Waals surface area (Å²) in [6.45, 7) is 5.81. The van der Waals surface area contributed by atoms with Gasteiger partial charge < -0.3 is 15.5 Å². The largest absolute Gasteiger partial charge is 0.321 e. The summed E-state index contributed by atoms with van der Waals surface area (Å²) in [7, 11) is 1.80. The fourth-order valence-corrected chi connectivity index (χ4v) is 3.01. The molecule has 7 heteroatoms. The highest BCUT2D eigenvalue weighted by molar-refractivity contribution is 6.44. The van der Waals surface area contributed by atoms with Crippen LogP contribution in [0.2, 0.25) is 10.0 Å². The van der Waals surface area contributed by atoms with Crippen molar-refractivity contribution in [2.75, 3.05) is 24.2 Å². The summed E-state index contributed by atoms with van der Waals surface area (Å²) in [6.07, 6.45) is 0. The molecule has 0 heterocycles. The first-order valence-corrected chi connectivity index (χ1v) is 9.39. The van der Waals surface area contributed by atoms with E-state index in [9.17, 15) is 9.59 Å². The number of hydrogen-bond donors (Lipinski definition) is 3. The minimum absolute atomic E-state index is 0.148. The number of rotatable bonds is 6. The van der Waals surface area contributed by atoms with Crippen molar-refractivity contribution in [1.82, 2.24) is 0 Å². The molecule has 0 aliphatic heterocycles. The predicted octanol–water partition coefficient (Wildman–Crippen LogP) is 3.09. The Morgan fingerprint density at radius 2 is 1.63 bits per heavy atom. The molecule has 0 fully saturated rings. The van der Waals surface area contributed by atoms with Crippen LogP contribution in [0.1, 0.15) is 18.1 Å². The van der Waals surface area contributed by atoms with Gasteiger partial charge in [0, 0.05) is 5.69 Å². The molecule has 0 aromatic heterocycles. The molecule has 1 unspecified atom stereocenters. The van der Waals surface area contributed by atoms with Gasteiger partial charge in [-0.1, -0.05) is 47.5 Å². The molecule has 27 heavy (non-hydrogen) atoms. The number of carbonyl (C=O) groups is 2. The molecule has 0 aliphatic rings. The smallest absolute Gasteiger partial charge is 0.282 e. The van der Waals surface area contributed by atoms with E-state index in [1.165, 1.54) is 0 Å². The lowest BCUT2D eigenvalue weighted by molar-refractivity contribution is -0.885. The van der Waals surface area contributed by atoms with E-state index in [0.717, 1.165) is 21.7 Å². The number of quaternary nitrogens is 1. The third kappa shape index (κ3) is 5.45. The Morgan fingerprint density at radius 3 is 2.26 bits per heavy atom. The van der Waals surface area contributed by atoms with E-state index in [1.807, 2.05) is 32.0 Å². The lowest BCUT2D eigenvalue weighted by Gasteiger charge is -2.21. The van der Waals surface area contributed by atoms with Crippen molar-refractivity contribution in [3.05, 3.63) is 57.6 Å². The first-order valence-electron chi connectivity index (χ1n) is 8.64. The van der Waals surface area contributed by atoms with Crippen LogP contribution in [0, 0.1) is 13.8 Å². The first kappa shape index (κ1) is 21.2. The summed E-state index contributed by atoms with van der Waals surface area (Å²) in [5, 5.41) is 6.37. The first-order chi connectivity index (χ1) is 12.7. The molecule has 0 bridgehead atoms. The maximum absolute atomic E-state index is 12.5. The van der Waals surface area contributed by atoms with Gasteiger partial charge in [0.25, 0.3) is 11.8 Å². The number of para-hydroxylation sites is 1. The normalized spacial score (nSPS) is 13.0.